The van der Waals surface area contributed by atoms with Gasteiger partial charge in [0.25, 0.3) is 0 Å². The molecule has 26 heteroatoms. The van der Waals surface area contributed by atoms with E-state index in [9.17, 15) is 81.0 Å². The van der Waals surface area contributed by atoms with Gasteiger partial charge in [-0.05, 0) is 104 Å². The fourth-order valence-corrected chi connectivity index (χ4v) is 5.64. The molecule has 0 spiro atoms. The Morgan fingerprint density at radius 2 is 0.894 bits per heavy atom. The molecule has 0 fully saturated rings. The fourth-order valence-electron chi connectivity index (χ4n) is 5.64. The van der Waals surface area contributed by atoms with Crippen LogP contribution in [-0.2, 0) is 54.8 Å². The molecule has 0 saturated carbocycles. The van der Waals surface area contributed by atoms with E-state index >= 15 is 0 Å². The Balaban J connectivity index is 0.00000123. The monoisotopic (exact) mass is 1090 g/mol. The molecule has 6 N–H and O–H groups in total. The van der Waals surface area contributed by atoms with E-state index in [4.69, 9.17) is 23.1 Å². The Morgan fingerprint density at radius 3 is 1.17 bits per heavy atom. The smallest absolute Gasteiger partial charge is 0.870 e. The van der Waals surface area contributed by atoms with Crippen molar-refractivity contribution in [2.75, 3.05) is 13.2 Å². The number of alkyl halides is 12. The first-order valence-corrected chi connectivity index (χ1v) is 17.7. The second-order valence-corrected chi connectivity index (χ2v) is 13.8. The number of aliphatic carboxylic acids is 1. The van der Waals surface area contributed by atoms with Crippen molar-refractivity contribution in [3.63, 3.8) is 0 Å². The van der Waals surface area contributed by atoms with Gasteiger partial charge in [0, 0.05) is 0 Å². The molecule has 0 aliphatic carbocycles. The van der Waals surface area contributed by atoms with Crippen LogP contribution >= 0.6 is 0 Å². The van der Waals surface area contributed by atoms with Gasteiger partial charge in [-0.15, -0.1) is 0 Å². The topological polar surface area (TPSA) is 188 Å². The summed E-state index contributed by atoms with van der Waals surface area (Å²) in [6.07, 6.45) is -22.9. The van der Waals surface area contributed by atoms with E-state index < -0.39 is 118 Å². The number of carbonyl (C=O) groups is 3. The number of carbonyl (C=O) groups excluding carboxylic acids is 2. The van der Waals surface area contributed by atoms with E-state index in [1.165, 1.54) is 19.1 Å². The maximum absolute atomic E-state index is 13.3. The summed E-state index contributed by atoms with van der Waals surface area (Å²) in [6, 6.07) is 10.3. The maximum Gasteiger partial charge on any atom is 2.00 e. The molecule has 4 aromatic rings. The predicted molar refractivity (Wildman–Crippen MR) is 204 cm³/mol. The third-order valence-electron chi connectivity index (χ3n) is 9.30. The van der Waals surface area contributed by atoms with E-state index in [-0.39, 0.29) is 88.7 Å². The molecule has 0 bridgehead atoms. The van der Waals surface area contributed by atoms with Crippen LogP contribution in [0.3, 0.4) is 0 Å². The van der Waals surface area contributed by atoms with Crippen LogP contribution in [0, 0.1) is 11.6 Å². The molecule has 66 heavy (non-hydrogen) atoms. The third-order valence-corrected chi connectivity index (χ3v) is 9.30. The second kappa shape index (κ2) is 23.8. The Bertz CT molecular complexity index is 2200. The number of Topliss-reactive ketones (excluding diaryl/α,β-unsaturated/α-hetero) is 1. The molecule has 0 aliphatic heterocycles. The van der Waals surface area contributed by atoms with Gasteiger partial charge < -0.3 is 36.6 Å². The summed E-state index contributed by atoms with van der Waals surface area (Å²) in [5.74, 6) is -4.95. The van der Waals surface area contributed by atoms with Gasteiger partial charge in [0.05, 0.1) is 47.7 Å². The summed E-state index contributed by atoms with van der Waals surface area (Å²) >= 11 is 0. The van der Waals surface area contributed by atoms with Crippen molar-refractivity contribution in [1.82, 2.24) is 5.32 Å². The molecule has 0 unspecified atom stereocenters. The summed E-state index contributed by atoms with van der Waals surface area (Å²) in [5, 5.41) is 11.7. The molecule has 356 valence electrons. The van der Waals surface area contributed by atoms with Crippen LogP contribution in [0.25, 0.3) is 0 Å². The van der Waals surface area contributed by atoms with Crippen LogP contribution in [0.5, 0.6) is 0 Å². The molecule has 0 aromatic heterocycles. The molecule has 10 nitrogen and oxygen atoms in total. The first-order valence-electron chi connectivity index (χ1n) is 17.7. The molecular weight excluding hydrogens is 1050 g/mol. The van der Waals surface area contributed by atoms with E-state index in [2.05, 4.69) is 0 Å². The van der Waals surface area contributed by atoms with Gasteiger partial charge >= 0.3 is 79.6 Å². The Morgan fingerprint density at radius 1 is 0.591 bits per heavy atom. The first-order chi connectivity index (χ1) is 28.7. The quantitative estimate of drug-likeness (QED) is 0.0866. The summed E-state index contributed by atoms with van der Waals surface area (Å²) < 4.78 is 194. The zero-order valence-corrected chi connectivity index (χ0v) is 38.6. The zero-order valence-electron chi connectivity index (χ0n) is 34.2. The number of ketones is 1. The maximum atomic E-state index is 13.3. The van der Waals surface area contributed by atoms with Gasteiger partial charge in [-0.1, -0.05) is 24.3 Å². The van der Waals surface area contributed by atoms with E-state index in [1.807, 2.05) is 5.32 Å². The molecule has 0 aliphatic rings. The van der Waals surface area contributed by atoms with E-state index in [1.54, 1.807) is 0 Å². The summed E-state index contributed by atoms with van der Waals surface area (Å²) in [7, 11) is 5.04. The zero-order chi connectivity index (χ0) is 48.1. The number of nitrogens with two attached hydrogens (primary N) is 1. The van der Waals surface area contributed by atoms with E-state index in [0.717, 1.165) is 50.2 Å². The van der Waals surface area contributed by atoms with Crippen molar-refractivity contribution in [3.05, 3.63) is 141 Å². The number of nitrogens with one attached hydrogen (secondary N) is 1. The van der Waals surface area contributed by atoms with Gasteiger partial charge in [0.1, 0.15) is 17.2 Å². The van der Waals surface area contributed by atoms with Crippen LogP contribution in [0.2, 0.25) is 0 Å². The van der Waals surface area contributed by atoms with Crippen LogP contribution in [0.1, 0.15) is 77.5 Å². The number of hydrogen-bond donors (Lipinski definition) is 3. The summed E-state index contributed by atoms with van der Waals surface area (Å²) in [4.78, 5) is 35.5. The minimum Gasteiger partial charge on any atom is -0.870 e. The third kappa shape index (κ3) is 16.3. The molecule has 4 atom stereocenters. The van der Waals surface area contributed by atoms with E-state index in [0.29, 0.717) is 24.3 Å². The molecule has 1 amide bonds. The number of ether oxygens (including phenoxy) is 2. The molecule has 0 heterocycles. The average Bonchev–Trinajstić information content (AvgIpc) is 3.17. The van der Waals surface area contributed by atoms with Gasteiger partial charge in [0.2, 0.25) is 7.85 Å². The van der Waals surface area contributed by atoms with Crippen molar-refractivity contribution >= 4 is 74.3 Å². The van der Waals surface area contributed by atoms with Crippen molar-refractivity contribution in [2.24, 2.45) is 5.73 Å². The number of rotatable bonds is 13. The number of hydrogen-bond acceptors (Lipinski definition) is 8. The molecule has 0 saturated heterocycles. The Labute approximate surface area is 407 Å². The molecule has 4 aromatic carbocycles. The van der Waals surface area contributed by atoms with Gasteiger partial charge in [-0.3, -0.25) is 9.59 Å². The number of carboxylic acid groups (broad SMARTS) is 1. The second-order valence-electron chi connectivity index (χ2n) is 13.8. The first kappa shape index (κ1) is 61.9. The van der Waals surface area contributed by atoms with Gasteiger partial charge in [-0.25, -0.2) is 13.6 Å². The SMILES string of the molecule is CC(=O)[C@@](N)(CO[C@H](C)c1cc(C(F)(F)F)cc(C(F)(F)F)c1)c1ccc(F)cc1.[B]C(=O)N[C@@](CO[C@H](C)c1cc(C(F)(F)F)cc(C(F)(F)F)c1)(C(=O)O)c1ccc(F)cc1.[Ba+2].[OH-].[OH-]. The minimum absolute atomic E-state index is 0. The van der Waals surface area contributed by atoms with Crippen molar-refractivity contribution in [3.8, 4) is 0 Å². The molecule has 4 rings (SSSR count). The average molecular weight is 1090 g/mol. The number of halogens is 14. The van der Waals surface area contributed by atoms with Crippen LogP contribution < -0.4 is 11.1 Å². The largest absolute Gasteiger partial charge is 2.00 e. The molecular formula is C40H35BBaF14N2O8. The Hall–Kier alpha value is -4.05. The normalized spacial score (nSPS) is 14.5. The van der Waals surface area contributed by atoms with Crippen LogP contribution in [0.4, 0.5) is 66.3 Å². The summed E-state index contributed by atoms with van der Waals surface area (Å²) in [6.45, 7) is 1.96. The Kier molecular flexibility index (Phi) is 22.3. The van der Waals surface area contributed by atoms with Crippen molar-refractivity contribution < 1.29 is 101 Å². The van der Waals surface area contributed by atoms with Gasteiger partial charge in [0.15, 0.2) is 17.1 Å². The van der Waals surface area contributed by atoms with Crippen molar-refractivity contribution in [1.29, 1.82) is 0 Å². The fraction of sp³-hybridized carbons (Fsp3) is 0.325. The predicted octanol–water partition coefficient (Wildman–Crippen LogP) is 9.45. The number of benzene rings is 4. The molecule has 2 radical (unpaired) electrons. The summed E-state index contributed by atoms with van der Waals surface area (Å²) in [5.41, 5.74) is -5.18. The standard InChI is InChI=1S/C20H15BF7NO4.C20H18F7NO2.Ba.2H2O/c1-10(11-6-13(19(23,24)25)8-14(7-11)20(26,27)28)33-9-18(16(30)31,29-17(21)32)12-2-4-15(22)5-3-12;1-11(13-7-15(19(22,23)24)9-16(8-13)20(25,26)27)30-10-18(28,12(2)29)14-3-5-17(21)6-4-14;;;/h2-8,10H,9H2,1H3,(H,29,32)(H,30,31);3-9,11H,10,28H2,1-2H3;;2*1H2/q;;+2;;/p-2/t10-,18-;11-,18+;;;/m11.../s1. The van der Waals surface area contributed by atoms with Gasteiger partial charge in [-0.2, -0.15) is 52.7 Å². The number of amides is 1. The van der Waals surface area contributed by atoms with Crippen molar-refractivity contribution in [2.45, 2.75) is 68.8 Å². The van der Waals surface area contributed by atoms with Crippen LogP contribution in [0.15, 0.2) is 84.9 Å². The van der Waals surface area contributed by atoms with Crippen LogP contribution in [-0.4, -0.2) is 104 Å². The minimum atomic E-state index is -5.10. The number of carboxylic acids is 1.